The first-order valence-corrected chi connectivity index (χ1v) is 6.12. The highest BCUT2D eigenvalue weighted by Gasteiger charge is 2.08. The maximum atomic E-state index is 10.0. The molecule has 0 atom stereocenters. The Balaban J connectivity index is 0.000000169. The molecular weight excluding hydrogens is 224 g/mol. The van der Waals surface area contributed by atoms with E-state index in [-0.39, 0.29) is 5.97 Å². The van der Waals surface area contributed by atoms with Gasteiger partial charge in [0.1, 0.15) is 0 Å². The molecule has 1 fully saturated rings. The van der Waals surface area contributed by atoms with Crippen molar-refractivity contribution in [3.8, 4) is 11.1 Å². The first-order chi connectivity index (χ1) is 8.86. The molecule has 1 saturated heterocycles. The van der Waals surface area contributed by atoms with Crippen molar-refractivity contribution in [2.45, 2.75) is 12.8 Å². The van der Waals surface area contributed by atoms with Crippen LogP contribution < -0.4 is 0 Å². The molecule has 92 valence electrons. The minimum absolute atomic E-state index is 0.0463. The Kier molecular flexibility index (Phi) is 4.53. The van der Waals surface area contributed by atoms with Crippen LogP contribution in [0, 0.1) is 0 Å². The predicted octanol–water partition coefficient (Wildman–Crippen LogP) is 3.68. The molecule has 1 aliphatic heterocycles. The van der Waals surface area contributed by atoms with Crippen molar-refractivity contribution in [2.75, 3.05) is 6.61 Å². The van der Waals surface area contributed by atoms with Gasteiger partial charge in [-0.25, -0.2) is 0 Å². The molecule has 2 heteroatoms. The minimum atomic E-state index is -0.0463. The highest BCUT2D eigenvalue weighted by molar-refractivity contribution is 5.70. The second kappa shape index (κ2) is 6.60. The Morgan fingerprint density at radius 1 is 0.778 bits per heavy atom. The van der Waals surface area contributed by atoms with E-state index in [0.29, 0.717) is 13.0 Å². The van der Waals surface area contributed by atoms with Crippen molar-refractivity contribution in [2.24, 2.45) is 0 Å². The van der Waals surface area contributed by atoms with Crippen LogP contribution in [0.2, 0.25) is 0 Å². The molecule has 0 spiro atoms. The fraction of sp³-hybridized carbons (Fsp3) is 0.188. The second-order valence-corrected chi connectivity index (χ2v) is 4.06. The molecule has 2 nitrogen and oxygen atoms in total. The largest absolute Gasteiger partial charge is 0.466 e. The molecule has 0 radical (unpaired) electrons. The average molecular weight is 240 g/mol. The Morgan fingerprint density at radius 2 is 1.28 bits per heavy atom. The first-order valence-electron chi connectivity index (χ1n) is 6.12. The lowest BCUT2D eigenvalue weighted by Gasteiger charge is -1.98. The molecule has 2 aromatic rings. The minimum Gasteiger partial charge on any atom is -0.466 e. The average Bonchev–Trinajstić information content (AvgIpc) is 2.93. The Hall–Kier alpha value is -2.09. The molecule has 0 bridgehead atoms. The van der Waals surface area contributed by atoms with Crippen LogP contribution in [0.25, 0.3) is 11.1 Å². The first kappa shape index (κ1) is 12.4. The van der Waals surface area contributed by atoms with Gasteiger partial charge in [0.15, 0.2) is 0 Å². The molecule has 0 amide bonds. The van der Waals surface area contributed by atoms with Gasteiger partial charge in [-0.2, -0.15) is 0 Å². The quantitative estimate of drug-likeness (QED) is 0.711. The topological polar surface area (TPSA) is 26.3 Å². The molecule has 0 N–H and O–H groups in total. The van der Waals surface area contributed by atoms with E-state index in [4.69, 9.17) is 0 Å². The Bertz CT molecular complexity index is 431. The van der Waals surface area contributed by atoms with Gasteiger partial charge in [0.2, 0.25) is 0 Å². The number of hydrogen-bond acceptors (Lipinski definition) is 2. The summed E-state index contributed by atoms with van der Waals surface area (Å²) < 4.78 is 4.51. The summed E-state index contributed by atoms with van der Waals surface area (Å²) in [5.74, 6) is -0.0463. The summed E-state index contributed by atoms with van der Waals surface area (Å²) >= 11 is 0. The standard InChI is InChI=1S/C12H10.C4H6O2/c1-3-7-11(8-4-1)12-9-5-2-6-10-12;5-4-2-1-3-6-4/h1-10H;1-3H2. The third-order valence-corrected chi connectivity index (χ3v) is 2.67. The molecule has 1 heterocycles. The summed E-state index contributed by atoms with van der Waals surface area (Å²) in [4.78, 5) is 10.0. The van der Waals surface area contributed by atoms with Gasteiger partial charge in [-0.3, -0.25) is 4.79 Å². The van der Waals surface area contributed by atoms with Gasteiger partial charge in [0.05, 0.1) is 6.61 Å². The molecule has 0 unspecified atom stereocenters. The fourth-order valence-corrected chi connectivity index (χ4v) is 1.74. The highest BCUT2D eigenvalue weighted by atomic mass is 16.5. The number of ether oxygens (including phenoxy) is 1. The summed E-state index contributed by atoms with van der Waals surface area (Å²) in [6.45, 7) is 0.638. The maximum absolute atomic E-state index is 10.0. The molecule has 0 aliphatic carbocycles. The van der Waals surface area contributed by atoms with Crippen molar-refractivity contribution >= 4 is 5.97 Å². The number of carbonyl (C=O) groups is 1. The molecule has 3 rings (SSSR count). The summed E-state index contributed by atoms with van der Waals surface area (Å²) in [5, 5.41) is 0. The number of benzene rings is 2. The van der Waals surface area contributed by atoms with E-state index in [0.717, 1.165) is 6.42 Å². The highest BCUT2D eigenvalue weighted by Crippen LogP contribution is 2.17. The lowest BCUT2D eigenvalue weighted by Crippen LogP contribution is -1.88. The molecule has 0 saturated carbocycles. The lowest BCUT2D eigenvalue weighted by atomic mass is 10.1. The van der Waals surface area contributed by atoms with Gasteiger partial charge >= 0.3 is 5.97 Å². The van der Waals surface area contributed by atoms with Crippen molar-refractivity contribution < 1.29 is 9.53 Å². The third kappa shape index (κ3) is 3.74. The SMILES string of the molecule is O=C1CCCO1.c1ccc(-c2ccccc2)cc1. The van der Waals surface area contributed by atoms with E-state index in [1.807, 2.05) is 12.1 Å². The second-order valence-electron chi connectivity index (χ2n) is 4.06. The van der Waals surface area contributed by atoms with E-state index in [9.17, 15) is 4.79 Å². The smallest absolute Gasteiger partial charge is 0.305 e. The zero-order valence-electron chi connectivity index (χ0n) is 10.2. The number of rotatable bonds is 1. The predicted molar refractivity (Wildman–Crippen MR) is 72.1 cm³/mol. The van der Waals surface area contributed by atoms with Crippen LogP contribution in [-0.2, 0) is 9.53 Å². The summed E-state index contributed by atoms with van der Waals surface area (Å²) in [6, 6.07) is 20.8. The maximum Gasteiger partial charge on any atom is 0.305 e. The van der Waals surface area contributed by atoms with Crippen molar-refractivity contribution in [3.05, 3.63) is 60.7 Å². The lowest BCUT2D eigenvalue weighted by molar-refractivity contribution is -0.137. The van der Waals surface area contributed by atoms with Crippen LogP contribution in [-0.4, -0.2) is 12.6 Å². The van der Waals surface area contributed by atoms with Crippen LogP contribution in [0.4, 0.5) is 0 Å². The zero-order valence-corrected chi connectivity index (χ0v) is 10.2. The summed E-state index contributed by atoms with van der Waals surface area (Å²) in [6.07, 6.45) is 1.54. The number of hydrogen-bond donors (Lipinski definition) is 0. The van der Waals surface area contributed by atoms with Crippen LogP contribution >= 0.6 is 0 Å². The van der Waals surface area contributed by atoms with Crippen LogP contribution in [0.3, 0.4) is 0 Å². The van der Waals surface area contributed by atoms with E-state index in [1.54, 1.807) is 0 Å². The van der Waals surface area contributed by atoms with Gasteiger partial charge < -0.3 is 4.74 Å². The number of esters is 1. The van der Waals surface area contributed by atoms with Crippen LogP contribution in [0.15, 0.2) is 60.7 Å². The molecule has 18 heavy (non-hydrogen) atoms. The summed E-state index contributed by atoms with van der Waals surface area (Å²) in [5.41, 5.74) is 2.55. The molecule has 1 aliphatic rings. The molecule has 0 aromatic heterocycles. The van der Waals surface area contributed by atoms with Crippen LogP contribution in [0.1, 0.15) is 12.8 Å². The molecular formula is C16H16O2. The Labute approximate surface area is 107 Å². The normalized spacial score (nSPS) is 13.4. The molecule has 2 aromatic carbocycles. The number of cyclic esters (lactones) is 1. The van der Waals surface area contributed by atoms with Crippen molar-refractivity contribution in [1.82, 2.24) is 0 Å². The van der Waals surface area contributed by atoms with Gasteiger partial charge in [0.25, 0.3) is 0 Å². The fourth-order valence-electron chi connectivity index (χ4n) is 1.74. The van der Waals surface area contributed by atoms with E-state index >= 15 is 0 Å². The van der Waals surface area contributed by atoms with E-state index in [2.05, 4.69) is 53.3 Å². The monoisotopic (exact) mass is 240 g/mol. The number of carbonyl (C=O) groups excluding carboxylic acids is 1. The third-order valence-electron chi connectivity index (χ3n) is 2.67. The van der Waals surface area contributed by atoms with Gasteiger partial charge in [-0.1, -0.05) is 60.7 Å². The van der Waals surface area contributed by atoms with Crippen LogP contribution in [0.5, 0.6) is 0 Å². The van der Waals surface area contributed by atoms with Crippen molar-refractivity contribution in [1.29, 1.82) is 0 Å². The van der Waals surface area contributed by atoms with Gasteiger partial charge in [-0.15, -0.1) is 0 Å². The van der Waals surface area contributed by atoms with Crippen molar-refractivity contribution in [3.63, 3.8) is 0 Å². The van der Waals surface area contributed by atoms with E-state index in [1.165, 1.54) is 11.1 Å². The Morgan fingerprint density at radius 3 is 1.56 bits per heavy atom. The van der Waals surface area contributed by atoms with Gasteiger partial charge in [-0.05, 0) is 17.5 Å². The van der Waals surface area contributed by atoms with E-state index < -0.39 is 0 Å². The summed E-state index contributed by atoms with van der Waals surface area (Å²) in [7, 11) is 0. The zero-order chi connectivity index (χ0) is 12.6. The van der Waals surface area contributed by atoms with Gasteiger partial charge in [0, 0.05) is 6.42 Å².